The van der Waals surface area contributed by atoms with Gasteiger partial charge in [-0.1, -0.05) is 6.92 Å². The van der Waals surface area contributed by atoms with Gasteiger partial charge in [-0.15, -0.1) is 0 Å². The van der Waals surface area contributed by atoms with E-state index in [2.05, 4.69) is 22.5 Å². The fourth-order valence-electron chi connectivity index (χ4n) is 2.93. The second-order valence-electron chi connectivity index (χ2n) is 6.15. The quantitative estimate of drug-likeness (QED) is 0.620. The second-order valence-corrected chi connectivity index (χ2v) is 6.15. The summed E-state index contributed by atoms with van der Waals surface area (Å²) in [5.74, 6) is 0.703. The minimum atomic E-state index is -0.289. The third kappa shape index (κ3) is 6.18. The van der Waals surface area contributed by atoms with Gasteiger partial charge >= 0.3 is 6.03 Å². The van der Waals surface area contributed by atoms with Crippen LogP contribution in [0.15, 0.2) is 18.3 Å². The lowest BCUT2D eigenvalue weighted by Crippen LogP contribution is -2.39. The van der Waals surface area contributed by atoms with E-state index in [4.69, 9.17) is 9.47 Å². The highest BCUT2D eigenvalue weighted by atomic mass is 16.5. The first kappa shape index (κ1) is 20.0. The van der Waals surface area contributed by atoms with Gasteiger partial charge in [0, 0.05) is 38.7 Å². The van der Waals surface area contributed by atoms with Gasteiger partial charge in [0.1, 0.15) is 6.61 Å². The molecule has 1 saturated heterocycles. The number of hydrogen-bond donors (Lipinski definition) is 2. The van der Waals surface area contributed by atoms with Crippen molar-refractivity contribution < 1.29 is 19.1 Å². The van der Waals surface area contributed by atoms with Crippen molar-refractivity contribution in [3.8, 4) is 5.88 Å². The molecule has 144 valence electrons. The van der Waals surface area contributed by atoms with Crippen molar-refractivity contribution in [3.05, 3.63) is 18.3 Å². The summed E-state index contributed by atoms with van der Waals surface area (Å²) in [6, 6.07) is 3.32. The Morgan fingerprint density at radius 1 is 1.38 bits per heavy atom. The molecule has 3 amide bonds. The molecule has 0 aromatic carbocycles. The number of urea groups is 1. The van der Waals surface area contributed by atoms with E-state index in [1.165, 1.54) is 0 Å². The van der Waals surface area contributed by atoms with Crippen LogP contribution in [-0.2, 0) is 9.53 Å². The number of likely N-dealkylation sites (tertiary alicyclic amines) is 1. The van der Waals surface area contributed by atoms with Crippen molar-refractivity contribution in [1.29, 1.82) is 0 Å². The molecule has 1 atom stereocenters. The number of carbonyl (C=O) groups excluding carboxylic acids is 2. The van der Waals surface area contributed by atoms with Crippen LogP contribution in [0.5, 0.6) is 5.88 Å². The van der Waals surface area contributed by atoms with Gasteiger partial charge in [0.2, 0.25) is 11.8 Å². The molecule has 1 aromatic rings. The van der Waals surface area contributed by atoms with Crippen molar-refractivity contribution in [2.75, 3.05) is 38.7 Å². The predicted molar refractivity (Wildman–Crippen MR) is 98.3 cm³/mol. The van der Waals surface area contributed by atoms with E-state index in [1.807, 2.05) is 4.90 Å². The fourth-order valence-corrected chi connectivity index (χ4v) is 2.93. The summed E-state index contributed by atoms with van der Waals surface area (Å²) >= 11 is 0. The predicted octanol–water partition coefficient (Wildman–Crippen LogP) is 2.02. The van der Waals surface area contributed by atoms with Crippen LogP contribution in [-0.4, -0.2) is 61.3 Å². The zero-order valence-corrected chi connectivity index (χ0v) is 15.5. The van der Waals surface area contributed by atoms with Crippen molar-refractivity contribution in [1.82, 2.24) is 15.2 Å². The molecule has 0 bridgehead atoms. The topological polar surface area (TPSA) is 92.8 Å². The number of hydrogen-bond acceptors (Lipinski definition) is 5. The first-order chi connectivity index (χ1) is 12.6. The molecule has 8 heteroatoms. The van der Waals surface area contributed by atoms with Gasteiger partial charge in [-0.25, -0.2) is 9.78 Å². The molecule has 26 heavy (non-hydrogen) atoms. The Labute approximate surface area is 154 Å². The summed E-state index contributed by atoms with van der Waals surface area (Å²) in [6.45, 7) is 4.33. The molecule has 0 spiro atoms. The molecule has 0 radical (unpaired) electrons. The number of rotatable bonds is 10. The van der Waals surface area contributed by atoms with Gasteiger partial charge in [-0.2, -0.15) is 0 Å². The summed E-state index contributed by atoms with van der Waals surface area (Å²) in [5, 5.41) is 5.56. The number of carbonyl (C=O) groups is 2. The van der Waals surface area contributed by atoms with E-state index in [0.717, 1.165) is 25.8 Å². The molecule has 1 aliphatic heterocycles. The number of nitrogens with zero attached hydrogens (tertiary/aromatic N) is 2. The Balaban J connectivity index is 1.70. The lowest BCUT2D eigenvalue weighted by Gasteiger charge is -2.26. The highest BCUT2D eigenvalue weighted by Crippen LogP contribution is 2.17. The molecular formula is C18H28N4O4. The first-order valence-corrected chi connectivity index (χ1v) is 9.06. The van der Waals surface area contributed by atoms with Gasteiger partial charge in [0.05, 0.1) is 18.5 Å². The minimum Gasteiger partial charge on any atom is -0.475 e. The van der Waals surface area contributed by atoms with E-state index in [0.29, 0.717) is 37.7 Å². The largest absolute Gasteiger partial charge is 0.475 e. The molecular weight excluding hydrogens is 336 g/mol. The van der Waals surface area contributed by atoms with Gasteiger partial charge < -0.3 is 25.0 Å². The Kier molecular flexibility index (Phi) is 8.14. The zero-order valence-electron chi connectivity index (χ0n) is 15.5. The van der Waals surface area contributed by atoms with Crippen molar-refractivity contribution >= 4 is 17.6 Å². The normalized spacial score (nSPS) is 15.0. The molecule has 0 aliphatic carbocycles. The number of nitrogens with one attached hydrogen (secondary N) is 2. The molecule has 1 aromatic heterocycles. The highest BCUT2D eigenvalue weighted by molar-refractivity contribution is 5.89. The van der Waals surface area contributed by atoms with E-state index in [-0.39, 0.29) is 18.0 Å². The lowest BCUT2D eigenvalue weighted by molar-refractivity contribution is -0.129. The molecule has 2 heterocycles. The third-order valence-corrected chi connectivity index (χ3v) is 4.32. The van der Waals surface area contributed by atoms with Gasteiger partial charge in [-0.3, -0.25) is 4.79 Å². The molecule has 0 saturated carbocycles. The number of pyridine rings is 1. The van der Waals surface area contributed by atoms with Gasteiger partial charge in [0.25, 0.3) is 0 Å². The SMILES string of the molecule is CCC(CCNC(=O)Nc1ccc(OCCOC)nc1)N1CCCC1=O. The third-order valence-electron chi connectivity index (χ3n) is 4.32. The van der Waals surface area contributed by atoms with Crippen LogP contribution in [0.25, 0.3) is 0 Å². The van der Waals surface area contributed by atoms with E-state index in [1.54, 1.807) is 25.4 Å². The monoisotopic (exact) mass is 364 g/mol. The summed E-state index contributed by atoms with van der Waals surface area (Å²) in [5.41, 5.74) is 0.586. The van der Waals surface area contributed by atoms with Crippen LogP contribution >= 0.6 is 0 Å². The zero-order chi connectivity index (χ0) is 18.8. The van der Waals surface area contributed by atoms with E-state index < -0.39 is 0 Å². The number of aromatic nitrogens is 1. The van der Waals surface area contributed by atoms with Crippen LogP contribution in [0.3, 0.4) is 0 Å². The van der Waals surface area contributed by atoms with E-state index in [9.17, 15) is 9.59 Å². The fraction of sp³-hybridized carbons (Fsp3) is 0.611. The number of anilines is 1. The molecule has 1 aliphatic rings. The Morgan fingerprint density at radius 3 is 2.85 bits per heavy atom. The van der Waals surface area contributed by atoms with Crippen LogP contribution in [0.2, 0.25) is 0 Å². The van der Waals surface area contributed by atoms with Crippen LogP contribution in [0.1, 0.15) is 32.6 Å². The van der Waals surface area contributed by atoms with Crippen molar-refractivity contribution in [2.45, 2.75) is 38.6 Å². The summed E-state index contributed by atoms with van der Waals surface area (Å²) in [7, 11) is 1.61. The Morgan fingerprint density at radius 2 is 2.23 bits per heavy atom. The maximum absolute atomic E-state index is 12.0. The Hall–Kier alpha value is -2.35. The molecule has 2 N–H and O–H groups in total. The smallest absolute Gasteiger partial charge is 0.319 e. The first-order valence-electron chi connectivity index (χ1n) is 9.06. The number of methoxy groups -OCH3 is 1. The maximum Gasteiger partial charge on any atom is 0.319 e. The summed E-state index contributed by atoms with van der Waals surface area (Å²) in [4.78, 5) is 29.9. The lowest BCUT2D eigenvalue weighted by atomic mass is 10.1. The van der Waals surface area contributed by atoms with Crippen LogP contribution in [0, 0.1) is 0 Å². The Bertz CT molecular complexity index is 579. The van der Waals surface area contributed by atoms with Crippen LogP contribution in [0.4, 0.5) is 10.5 Å². The average molecular weight is 364 g/mol. The number of amides is 3. The maximum atomic E-state index is 12.0. The molecule has 2 rings (SSSR count). The molecule has 1 unspecified atom stereocenters. The standard InChI is InChI=1S/C18H28N4O4/c1-3-15(22-10-4-5-17(22)23)8-9-19-18(24)21-14-6-7-16(20-13-14)26-12-11-25-2/h6-7,13,15H,3-5,8-12H2,1-2H3,(H2,19,21,24). The molecule has 8 nitrogen and oxygen atoms in total. The number of ether oxygens (including phenoxy) is 2. The van der Waals surface area contributed by atoms with Crippen LogP contribution < -0.4 is 15.4 Å². The molecule has 1 fully saturated rings. The van der Waals surface area contributed by atoms with Crippen molar-refractivity contribution in [2.24, 2.45) is 0 Å². The van der Waals surface area contributed by atoms with E-state index >= 15 is 0 Å². The second kappa shape index (κ2) is 10.6. The summed E-state index contributed by atoms with van der Waals surface area (Å²) < 4.78 is 10.3. The average Bonchev–Trinajstić information content (AvgIpc) is 3.06. The van der Waals surface area contributed by atoms with Gasteiger partial charge in [0.15, 0.2) is 0 Å². The van der Waals surface area contributed by atoms with Gasteiger partial charge in [-0.05, 0) is 25.3 Å². The minimum absolute atomic E-state index is 0.190. The highest BCUT2D eigenvalue weighted by Gasteiger charge is 2.26. The van der Waals surface area contributed by atoms with Crippen molar-refractivity contribution in [3.63, 3.8) is 0 Å². The summed E-state index contributed by atoms with van der Waals surface area (Å²) in [6.07, 6.45) is 4.76.